The number of fused-ring (bicyclic) bond motifs is 1. The fourth-order valence-electron chi connectivity index (χ4n) is 2.72. The van der Waals surface area contributed by atoms with Crippen LogP contribution in [0.5, 0.6) is 5.75 Å². The lowest BCUT2D eigenvalue weighted by atomic mass is 10.1. The van der Waals surface area contributed by atoms with E-state index in [4.69, 9.17) is 9.94 Å². The third-order valence-electron chi connectivity index (χ3n) is 4.07. The van der Waals surface area contributed by atoms with Gasteiger partial charge in [0.25, 0.3) is 11.8 Å². The van der Waals surface area contributed by atoms with Crippen LogP contribution < -0.4 is 15.5 Å². The lowest BCUT2D eigenvalue weighted by Crippen LogP contribution is -2.24. The van der Waals surface area contributed by atoms with Crippen molar-refractivity contribution in [2.75, 3.05) is 7.11 Å². The third-order valence-corrected chi connectivity index (χ3v) is 4.07. The Kier molecular flexibility index (Phi) is 5.98. The van der Waals surface area contributed by atoms with Crippen LogP contribution in [-0.2, 0) is 11.3 Å². The van der Waals surface area contributed by atoms with E-state index in [0.29, 0.717) is 17.8 Å². The van der Waals surface area contributed by atoms with Crippen LogP contribution in [0.15, 0.2) is 60.7 Å². The lowest BCUT2D eigenvalue weighted by molar-refractivity contribution is -0.124. The van der Waals surface area contributed by atoms with Crippen molar-refractivity contribution < 1.29 is 19.5 Å². The number of amides is 2. The maximum Gasteiger partial charge on any atom is 0.270 e. The molecule has 0 radical (unpaired) electrons. The monoisotopic (exact) mass is 377 g/mol. The second-order valence-corrected chi connectivity index (χ2v) is 5.96. The number of hydroxylamine groups is 1. The number of benzene rings is 2. The first kappa shape index (κ1) is 19.1. The lowest BCUT2D eigenvalue weighted by Gasteiger charge is -2.09. The van der Waals surface area contributed by atoms with E-state index >= 15 is 0 Å². The van der Waals surface area contributed by atoms with Crippen molar-refractivity contribution in [3.05, 3.63) is 77.5 Å². The van der Waals surface area contributed by atoms with Crippen molar-refractivity contribution in [3.63, 3.8) is 0 Å². The molecule has 28 heavy (non-hydrogen) atoms. The van der Waals surface area contributed by atoms with Crippen LogP contribution in [0.3, 0.4) is 0 Å². The number of rotatable bonds is 6. The second-order valence-electron chi connectivity index (χ2n) is 5.96. The van der Waals surface area contributed by atoms with Crippen molar-refractivity contribution >= 4 is 28.8 Å². The molecule has 0 spiro atoms. The van der Waals surface area contributed by atoms with Crippen molar-refractivity contribution in [3.8, 4) is 5.75 Å². The zero-order valence-corrected chi connectivity index (χ0v) is 15.2. The second kappa shape index (κ2) is 8.79. The smallest absolute Gasteiger partial charge is 0.270 e. The van der Waals surface area contributed by atoms with Gasteiger partial charge in [0.2, 0.25) is 0 Å². The molecule has 0 aliphatic carbocycles. The molecule has 0 bridgehead atoms. The molecule has 0 aliphatic rings. The summed E-state index contributed by atoms with van der Waals surface area (Å²) in [5, 5.41) is 12.2. The first-order chi connectivity index (χ1) is 13.6. The fourth-order valence-corrected chi connectivity index (χ4v) is 2.72. The Labute approximate surface area is 161 Å². The van der Waals surface area contributed by atoms with Crippen LogP contribution in [0.4, 0.5) is 0 Å². The summed E-state index contributed by atoms with van der Waals surface area (Å²) in [4.78, 5) is 28.0. The molecule has 0 aliphatic heterocycles. The predicted molar refractivity (Wildman–Crippen MR) is 105 cm³/mol. The Balaban J connectivity index is 1.73. The van der Waals surface area contributed by atoms with Crippen LogP contribution in [0.25, 0.3) is 17.0 Å². The highest BCUT2D eigenvalue weighted by Crippen LogP contribution is 2.24. The number of carbonyl (C=O) groups is 2. The Morgan fingerprint density at radius 1 is 1.14 bits per heavy atom. The van der Waals surface area contributed by atoms with Gasteiger partial charge in [-0.3, -0.25) is 14.8 Å². The van der Waals surface area contributed by atoms with Crippen LogP contribution in [-0.4, -0.2) is 29.1 Å². The number of ether oxygens (including phenoxy) is 1. The number of hydrogen-bond donors (Lipinski definition) is 3. The number of hydrogen-bond acceptors (Lipinski definition) is 5. The first-order valence-corrected chi connectivity index (χ1v) is 8.54. The summed E-state index contributed by atoms with van der Waals surface area (Å²) < 4.78 is 5.37. The zero-order chi connectivity index (χ0) is 19.9. The standard InChI is InChI=1S/C21H19N3O4/c1-28-19-12-18(23-17-8-3-2-7-16(17)19)21(26)22-13-15-6-4-5-14(11-15)9-10-20(25)24-27/h2-12,27H,13H2,1H3,(H,22,26)(H,24,25)/b10-9+. The summed E-state index contributed by atoms with van der Waals surface area (Å²) in [6, 6.07) is 16.4. The van der Waals surface area contributed by atoms with Gasteiger partial charge in [-0.2, -0.15) is 0 Å². The molecule has 2 amide bonds. The van der Waals surface area contributed by atoms with Gasteiger partial charge in [-0.25, -0.2) is 10.5 Å². The van der Waals surface area contributed by atoms with E-state index in [-0.39, 0.29) is 11.6 Å². The van der Waals surface area contributed by atoms with Gasteiger partial charge in [-0.1, -0.05) is 30.3 Å². The van der Waals surface area contributed by atoms with Gasteiger partial charge in [0, 0.05) is 24.1 Å². The highest BCUT2D eigenvalue weighted by atomic mass is 16.5. The Morgan fingerprint density at radius 2 is 1.96 bits per heavy atom. The summed E-state index contributed by atoms with van der Waals surface area (Å²) >= 11 is 0. The molecule has 3 N–H and O–H groups in total. The summed E-state index contributed by atoms with van der Waals surface area (Å²) in [5.41, 5.74) is 4.10. The summed E-state index contributed by atoms with van der Waals surface area (Å²) in [6.07, 6.45) is 2.77. The number of carbonyl (C=O) groups excluding carboxylic acids is 2. The first-order valence-electron chi connectivity index (χ1n) is 8.54. The average Bonchev–Trinajstić information content (AvgIpc) is 2.75. The summed E-state index contributed by atoms with van der Waals surface area (Å²) in [7, 11) is 1.56. The fraction of sp³-hybridized carbons (Fsp3) is 0.0952. The molecule has 2 aromatic carbocycles. The molecular weight excluding hydrogens is 358 g/mol. The summed E-state index contributed by atoms with van der Waals surface area (Å²) in [5.74, 6) is -0.343. The molecule has 0 unspecified atom stereocenters. The molecule has 3 rings (SSSR count). The Morgan fingerprint density at radius 3 is 2.75 bits per heavy atom. The maximum absolute atomic E-state index is 12.5. The van der Waals surface area contributed by atoms with E-state index < -0.39 is 5.91 Å². The number of para-hydroxylation sites is 1. The quantitative estimate of drug-likeness (QED) is 0.348. The minimum atomic E-state index is -0.616. The van der Waals surface area contributed by atoms with Gasteiger partial charge in [0.15, 0.2) is 0 Å². The van der Waals surface area contributed by atoms with Crippen molar-refractivity contribution in [2.24, 2.45) is 0 Å². The minimum absolute atomic E-state index is 0.270. The molecule has 0 atom stereocenters. The van der Waals surface area contributed by atoms with Gasteiger partial charge in [0.1, 0.15) is 11.4 Å². The van der Waals surface area contributed by atoms with Gasteiger partial charge in [-0.05, 0) is 35.4 Å². The summed E-state index contributed by atoms with van der Waals surface area (Å²) in [6.45, 7) is 0.295. The molecule has 0 saturated heterocycles. The predicted octanol–water partition coefficient (Wildman–Crippen LogP) is 2.69. The topological polar surface area (TPSA) is 101 Å². The molecule has 142 valence electrons. The normalized spacial score (nSPS) is 10.8. The SMILES string of the molecule is COc1cc(C(=O)NCc2cccc(/C=C/C(=O)NO)c2)nc2ccccc12. The van der Waals surface area contributed by atoms with Crippen molar-refractivity contribution in [1.29, 1.82) is 0 Å². The molecule has 0 saturated carbocycles. The molecule has 7 nitrogen and oxygen atoms in total. The number of nitrogens with zero attached hydrogens (tertiary/aromatic N) is 1. The zero-order valence-electron chi connectivity index (χ0n) is 15.2. The number of methoxy groups -OCH3 is 1. The number of aromatic nitrogens is 1. The largest absolute Gasteiger partial charge is 0.496 e. The highest BCUT2D eigenvalue weighted by Gasteiger charge is 2.12. The van der Waals surface area contributed by atoms with E-state index in [2.05, 4.69) is 10.3 Å². The number of nitrogens with one attached hydrogen (secondary N) is 2. The van der Waals surface area contributed by atoms with Gasteiger partial charge in [-0.15, -0.1) is 0 Å². The van der Waals surface area contributed by atoms with E-state index in [1.54, 1.807) is 19.3 Å². The highest BCUT2D eigenvalue weighted by molar-refractivity contribution is 5.97. The van der Waals surface area contributed by atoms with Crippen LogP contribution >= 0.6 is 0 Å². The third kappa shape index (κ3) is 4.52. The van der Waals surface area contributed by atoms with E-state index in [1.807, 2.05) is 48.5 Å². The van der Waals surface area contributed by atoms with Crippen molar-refractivity contribution in [2.45, 2.75) is 6.54 Å². The van der Waals surface area contributed by atoms with Crippen LogP contribution in [0, 0.1) is 0 Å². The maximum atomic E-state index is 12.5. The van der Waals surface area contributed by atoms with E-state index in [1.165, 1.54) is 11.6 Å². The molecule has 7 heteroatoms. The van der Waals surface area contributed by atoms with Gasteiger partial charge >= 0.3 is 0 Å². The van der Waals surface area contributed by atoms with Gasteiger partial charge in [0.05, 0.1) is 12.6 Å². The number of pyridine rings is 1. The van der Waals surface area contributed by atoms with Gasteiger partial charge < -0.3 is 10.1 Å². The molecule has 3 aromatic rings. The van der Waals surface area contributed by atoms with Crippen LogP contribution in [0.1, 0.15) is 21.6 Å². The van der Waals surface area contributed by atoms with Crippen LogP contribution in [0.2, 0.25) is 0 Å². The minimum Gasteiger partial charge on any atom is -0.496 e. The molecular formula is C21H19N3O4. The molecule has 1 aromatic heterocycles. The van der Waals surface area contributed by atoms with Crippen molar-refractivity contribution in [1.82, 2.24) is 15.8 Å². The Hall–Kier alpha value is -3.71. The van der Waals surface area contributed by atoms with E-state index in [0.717, 1.165) is 16.5 Å². The Bertz CT molecular complexity index is 1050. The van der Waals surface area contributed by atoms with E-state index in [9.17, 15) is 9.59 Å². The average molecular weight is 377 g/mol. The molecule has 0 fully saturated rings. The molecule has 1 heterocycles.